The average Bonchev–Trinajstić information content (AvgIpc) is 2.58. The lowest BCUT2D eigenvalue weighted by Crippen LogP contribution is -2.36. The third-order valence-corrected chi connectivity index (χ3v) is 6.66. The summed E-state index contributed by atoms with van der Waals surface area (Å²) in [6.45, 7) is 20.0. The van der Waals surface area contributed by atoms with Gasteiger partial charge in [-0.15, -0.1) is 0 Å². The Hall–Kier alpha value is -0.660. The fraction of sp³-hybridized carbons (Fsp3) is 0.923. The van der Waals surface area contributed by atoms with Gasteiger partial charge in [-0.3, -0.25) is 9.79 Å². The van der Waals surface area contributed by atoms with Crippen LogP contribution in [-0.4, -0.2) is 18.0 Å². The fourth-order valence-electron chi connectivity index (χ4n) is 4.61. The zero-order valence-electron chi connectivity index (χ0n) is 20.8. The summed E-state index contributed by atoms with van der Waals surface area (Å²) in [4.78, 5) is 18.1. The number of nitrogens with zero attached hydrogens (tertiary/aromatic N) is 1. The second kappa shape index (κ2) is 12.8. The quantitative estimate of drug-likeness (QED) is 0.191. The summed E-state index contributed by atoms with van der Waals surface area (Å²) in [5, 5.41) is 0. The van der Waals surface area contributed by atoms with Gasteiger partial charge in [0, 0.05) is 11.8 Å². The number of Topliss-reactive ketones (excluding diaryl/α,β-unsaturated/α-hetero) is 1. The summed E-state index contributed by atoms with van der Waals surface area (Å²) in [5.74, 6) is 0.490. The number of aliphatic imine (C=N–C) groups is 1. The number of carbonyl (C=O) groups excluding carboxylic acids is 1. The Morgan fingerprint density at radius 3 is 1.96 bits per heavy atom. The molecule has 0 radical (unpaired) electrons. The molecule has 0 saturated carbocycles. The van der Waals surface area contributed by atoms with Gasteiger partial charge in [0.05, 0.1) is 6.04 Å². The number of carbonyl (C=O) groups is 1. The summed E-state index contributed by atoms with van der Waals surface area (Å²) in [6, 6.07) is 0.275. The molecule has 0 aliphatic rings. The maximum atomic E-state index is 13.5. The van der Waals surface area contributed by atoms with Crippen LogP contribution in [-0.2, 0) is 4.79 Å². The molecule has 0 rings (SSSR count). The second-order valence-corrected chi connectivity index (χ2v) is 10.8. The van der Waals surface area contributed by atoms with Gasteiger partial charge in [0.1, 0.15) is 5.78 Å². The van der Waals surface area contributed by atoms with E-state index in [0.29, 0.717) is 12.2 Å². The molecule has 0 saturated heterocycles. The smallest absolute Gasteiger partial charge is 0.139 e. The lowest BCUT2D eigenvalue weighted by molar-refractivity contribution is -0.131. The van der Waals surface area contributed by atoms with Gasteiger partial charge in [0.2, 0.25) is 0 Å². The monoisotopic (exact) mass is 393 g/mol. The van der Waals surface area contributed by atoms with E-state index in [-0.39, 0.29) is 22.3 Å². The minimum atomic E-state index is -0.142. The third-order valence-electron chi connectivity index (χ3n) is 6.66. The molecule has 0 aliphatic heterocycles. The van der Waals surface area contributed by atoms with Crippen LogP contribution in [0, 0.1) is 16.2 Å². The molecule has 0 fully saturated rings. The molecular weight excluding hydrogens is 342 g/mol. The molecule has 166 valence electrons. The van der Waals surface area contributed by atoms with Crippen LogP contribution in [0.15, 0.2) is 4.99 Å². The highest BCUT2D eigenvalue weighted by atomic mass is 16.1. The first kappa shape index (κ1) is 27.3. The average molecular weight is 394 g/mol. The van der Waals surface area contributed by atoms with Gasteiger partial charge in [-0.25, -0.2) is 0 Å². The maximum Gasteiger partial charge on any atom is 0.139 e. The van der Waals surface area contributed by atoms with Crippen molar-refractivity contribution in [1.29, 1.82) is 0 Å². The van der Waals surface area contributed by atoms with Gasteiger partial charge >= 0.3 is 0 Å². The molecule has 2 atom stereocenters. The van der Waals surface area contributed by atoms with E-state index in [4.69, 9.17) is 0 Å². The van der Waals surface area contributed by atoms with Crippen LogP contribution in [0.2, 0.25) is 0 Å². The Labute approximate surface area is 177 Å². The number of hydrogen-bond donors (Lipinski definition) is 0. The lowest BCUT2D eigenvalue weighted by atomic mass is 9.66. The van der Waals surface area contributed by atoms with Gasteiger partial charge in [0.25, 0.3) is 0 Å². The van der Waals surface area contributed by atoms with Gasteiger partial charge in [-0.1, -0.05) is 93.4 Å². The van der Waals surface area contributed by atoms with Crippen LogP contribution >= 0.6 is 0 Å². The lowest BCUT2D eigenvalue weighted by Gasteiger charge is -2.39. The molecule has 0 aromatic carbocycles. The van der Waals surface area contributed by atoms with Crippen molar-refractivity contribution in [3.63, 3.8) is 0 Å². The summed E-state index contributed by atoms with van der Waals surface area (Å²) >= 11 is 0. The Morgan fingerprint density at radius 1 is 0.893 bits per heavy atom. The molecule has 0 aliphatic carbocycles. The van der Waals surface area contributed by atoms with Gasteiger partial charge in [-0.05, 0) is 50.2 Å². The molecule has 0 bridgehead atoms. The SMILES string of the molecule is CC=NC(C)C(C)(C)CC(C)(C)CC(=O)C(C)(CCCC)CCCCCCC. The van der Waals surface area contributed by atoms with Gasteiger partial charge in [-0.2, -0.15) is 0 Å². The number of rotatable bonds is 16. The first-order valence-corrected chi connectivity index (χ1v) is 11.9. The van der Waals surface area contributed by atoms with Gasteiger partial charge in [0.15, 0.2) is 0 Å². The Morgan fingerprint density at radius 2 is 1.43 bits per heavy atom. The second-order valence-electron chi connectivity index (χ2n) is 10.8. The van der Waals surface area contributed by atoms with E-state index in [0.717, 1.165) is 25.7 Å². The van der Waals surface area contributed by atoms with E-state index >= 15 is 0 Å². The van der Waals surface area contributed by atoms with Crippen molar-refractivity contribution in [2.24, 2.45) is 21.2 Å². The largest absolute Gasteiger partial charge is 0.299 e. The molecule has 0 heterocycles. The Bertz CT molecular complexity index is 463. The van der Waals surface area contributed by atoms with Crippen molar-refractivity contribution >= 4 is 12.0 Å². The van der Waals surface area contributed by atoms with Gasteiger partial charge < -0.3 is 0 Å². The first-order chi connectivity index (χ1) is 12.9. The van der Waals surface area contributed by atoms with Crippen molar-refractivity contribution in [2.45, 2.75) is 139 Å². The standard InChI is InChI=1S/C26H51NO/c1-10-13-15-16-17-19-26(9,18-14-11-2)23(28)20-24(5,6)21-25(7,8)22(4)27-12-3/h12,22H,10-11,13-21H2,1-9H3. The summed E-state index contributed by atoms with van der Waals surface area (Å²) < 4.78 is 0. The maximum absolute atomic E-state index is 13.5. The van der Waals surface area contributed by atoms with Crippen LogP contribution in [0.4, 0.5) is 0 Å². The van der Waals surface area contributed by atoms with Crippen molar-refractivity contribution in [2.75, 3.05) is 0 Å². The number of hydrogen-bond acceptors (Lipinski definition) is 2. The Kier molecular flexibility index (Phi) is 12.5. The van der Waals surface area contributed by atoms with Crippen LogP contribution in [0.3, 0.4) is 0 Å². The molecule has 0 aromatic heterocycles. The van der Waals surface area contributed by atoms with Crippen molar-refractivity contribution < 1.29 is 4.79 Å². The van der Waals surface area contributed by atoms with E-state index in [1.54, 1.807) is 0 Å². The van der Waals surface area contributed by atoms with Crippen LogP contribution in [0.5, 0.6) is 0 Å². The molecule has 0 amide bonds. The molecule has 0 aromatic rings. The molecular formula is C26H51NO. The third kappa shape index (κ3) is 10.2. The highest BCUT2D eigenvalue weighted by molar-refractivity contribution is 5.85. The van der Waals surface area contributed by atoms with E-state index in [1.165, 1.54) is 38.5 Å². The van der Waals surface area contributed by atoms with E-state index < -0.39 is 0 Å². The minimum absolute atomic E-state index is 0.00773. The first-order valence-electron chi connectivity index (χ1n) is 11.9. The number of unbranched alkanes of at least 4 members (excludes halogenated alkanes) is 5. The highest BCUT2D eigenvalue weighted by Gasteiger charge is 2.39. The molecule has 2 heteroatoms. The molecule has 0 N–H and O–H groups in total. The van der Waals surface area contributed by atoms with E-state index in [9.17, 15) is 4.79 Å². The predicted octanol–water partition coefficient (Wildman–Crippen LogP) is 8.42. The van der Waals surface area contributed by atoms with Crippen molar-refractivity contribution in [1.82, 2.24) is 0 Å². The Balaban J connectivity index is 5.05. The summed E-state index contributed by atoms with van der Waals surface area (Å²) in [6.07, 6.45) is 14.4. The molecule has 2 unspecified atom stereocenters. The summed E-state index contributed by atoms with van der Waals surface area (Å²) in [7, 11) is 0. The highest BCUT2D eigenvalue weighted by Crippen LogP contribution is 2.43. The van der Waals surface area contributed by atoms with E-state index in [2.05, 4.69) is 60.4 Å². The number of ketones is 1. The summed E-state index contributed by atoms with van der Waals surface area (Å²) in [5.41, 5.74) is -0.0408. The van der Waals surface area contributed by atoms with Crippen LogP contribution < -0.4 is 0 Å². The fourth-order valence-corrected chi connectivity index (χ4v) is 4.61. The van der Waals surface area contributed by atoms with Crippen molar-refractivity contribution in [3.8, 4) is 0 Å². The van der Waals surface area contributed by atoms with Crippen LogP contribution in [0.1, 0.15) is 133 Å². The van der Waals surface area contributed by atoms with Crippen molar-refractivity contribution in [3.05, 3.63) is 0 Å². The van der Waals surface area contributed by atoms with E-state index in [1.807, 2.05) is 13.1 Å². The van der Waals surface area contributed by atoms with Crippen LogP contribution in [0.25, 0.3) is 0 Å². The molecule has 2 nitrogen and oxygen atoms in total. The zero-order chi connectivity index (χ0) is 21.8. The molecule has 28 heavy (non-hydrogen) atoms. The molecule has 0 spiro atoms. The zero-order valence-corrected chi connectivity index (χ0v) is 20.8. The predicted molar refractivity (Wildman–Crippen MR) is 126 cm³/mol. The minimum Gasteiger partial charge on any atom is -0.299 e. The normalized spacial score (nSPS) is 16.3. The topological polar surface area (TPSA) is 29.4 Å².